The minimum atomic E-state index is -1.84. The zero-order valence-corrected chi connectivity index (χ0v) is 15.5. The number of aliphatic hydroxyl groups is 1. The maximum atomic E-state index is 9.64. The molecule has 0 heterocycles. The molecule has 7 heteroatoms. The number of aliphatic hydroxyl groups excluding tert-OH is 1. The minimum Gasteiger partial charge on any atom is -0.449 e. The molecule has 0 radical (unpaired) electrons. The molecule has 2 N–H and O–H groups in total. The number of rotatable bonds is 11. The Kier molecular flexibility index (Phi) is 15.4. The first-order chi connectivity index (χ1) is 10.8. The van der Waals surface area contributed by atoms with Crippen molar-refractivity contribution >= 4 is 17.6 Å². The minimum absolute atomic E-state index is 0.251. The summed E-state index contributed by atoms with van der Waals surface area (Å²) in [7, 11) is -1.09. The number of para-hydroxylation sites is 1. The summed E-state index contributed by atoms with van der Waals surface area (Å²) in [4.78, 5) is 9.64. The van der Waals surface area contributed by atoms with Gasteiger partial charge in [-0.25, -0.2) is 0 Å². The first-order valence-corrected chi connectivity index (χ1v) is 9.41. The molecule has 0 saturated carbocycles. The van der Waals surface area contributed by atoms with Gasteiger partial charge in [-0.3, -0.25) is 4.31 Å². The lowest BCUT2D eigenvalue weighted by atomic mass is 10.0. The molecule has 0 spiro atoms. The van der Waals surface area contributed by atoms with Crippen LogP contribution in [0.3, 0.4) is 0 Å². The van der Waals surface area contributed by atoms with E-state index in [0.717, 1.165) is 25.7 Å². The number of hydrogen-bond acceptors (Lipinski definition) is 5. The highest BCUT2D eigenvalue weighted by Gasteiger charge is 2.12. The Morgan fingerprint density at radius 1 is 1.18 bits per heavy atom. The fourth-order valence-corrected chi connectivity index (χ4v) is 2.87. The smallest absolute Gasteiger partial charge is 0.335 e. The van der Waals surface area contributed by atoms with E-state index in [1.807, 2.05) is 30.3 Å². The molecule has 1 rings (SSSR count). The van der Waals surface area contributed by atoms with Gasteiger partial charge in [0.25, 0.3) is 0 Å². The fraction of sp³-hybridized carbons (Fsp3) is 0.600. The predicted molar refractivity (Wildman–Crippen MR) is 93.0 cm³/mol. The van der Waals surface area contributed by atoms with E-state index in [1.54, 1.807) is 0 Å². The van der Waals surface area contributed by atoms with Crippen molar-refractivity contribution in [2.45, 2.75) is 39.5 Å². The van der Waals surface area contributed by atoms with Gasteiger partial charge in [-0.05, 0) is 24.5 Å². The molecular formula is C15H28O5P2. The van der Waals surface area contributed by atoms with Gasteiger partial charge >= 0.3 is 8.60 Å². The first-order valence-electron chi connectivity index (χ1n) is 7.46. The summed E-state index contributed by atoms with van der Waals surface area (Å²) in [6.45, 7) is 4.87. The third kappa shape index (κ3) is 11.3. The Morgan fingerprint density at radius 2 is 1.86 bits per heavy atom. The highest BCUT2D eigenvalue weighted by Crippen LogP contribution is 2.42. The summed E-state index contributed by atoms with van der Waals surface area (Å²) in [5.41, 5.74) is 0. The standard InChI is InChI=1S/C14H24O4P2.CH4O/c1-3-5-9-13(4-2)12-16-20(15)18-19-17-14-10-7-6-8-11-14;1-2/h6-8,10-11,13,15,19H,3-5,9,12H2,1-2H3;2H,1H3. The first kappa shape index (κ1) is 21.7. The van der Waals surface area contributed by atoms with E-state index in [2.05, 4.69) is 13.8 Å². The van der Waals surface area contributed by atoms with Crippen molar-refractivity contribution in [3.63, 3.8) is 0 Å². The third-order valence-electron chi connectivity index (χ3n) is 2.98. The van der Waals surface area contributed by atoms with Crippen molar-refractivity contribution in [1.82, 2.24) is 0 Å². The Labute approximate surface area is 136 Å². The van der Waals surface area contributed by atoms with Gasteiger partial charge in [-0.1, -0.05) is 51.3 Å². The third-order valence-corrected chi connectivity index (χ3v) is 4.59. The van der Waals surface area contributed by atoms with Crippen LogP contribution in [0.25, 0.3) is 0 Å². The van der Waals surface area contributed by atoms with Crippen LogP contribution >= 0.6 is 17.6 Å². The number of unbranched alkanes of at least 4 members (excludes halogenated alkanes) is 1. The van der Waals surface area contributed by atoms with E-state index in [1.165, 1.54) is 12.8 Å². The van der Waals surface area contributed by atoms with E-state index in [9.17, 15) is 4.89 Å². The van der Waals surface area contributed by atoms with E-state index in [4.69, 9.17) is 18.5 Å². The molecular weight excluding hydrogens is 322 g/mol. The SMILES string of the molecule is CCCCC(CC)COP(O)OPOc1ccccc1.CO. The average Bonchev–Trinajstić information content (AvgIpc) is 2.58. The van der Waals surface area contributed by atoms with E-state index in [-0.39, 0.29) is 9.03 Å². The lowest BCUT2D eigenvalue weighted by Gasteiger charge is -2.16. The van der Waals surface area contributed by atoms with Crippen LogP contribution in [0.15, 0.2) is 30.3 Å². The Morgan fingerprint density at radius 3 is 2.45 bits per heavy atom. The van der Waals surface area contributed by atoms with Gasteiger partial charge in [0.1, 0.15) is 5.75 Å². The van der Waals surface area contributed by atoms with E-state index >= 15 is 0 Å². The second-order valence-corrected chi connectivity index (χ2v) is 6.37. The van der Waals surface area contributed by atoms with Crippen LogP contribution in [0.1, 0.15) is 39.5 Å². The predicted octanol–water partition coefficient (Wildman–Crippen LogP) is 4.65. The second-order valence-electron chi connectivity index (χ2n) is 4.54. The summed E-state index contributed by atoms with van der Waals surface area (Å²) in [6, 6.07) is 9.37. The summed E-state index contributed by atoms with van der Waals surface area (Å²) in [6.07, 6.45) is 4.59. The van der Waals surface area contributed by atoms with Gasteiger partial charge in [-0.2, -0.15) is 0 Å². The maximum absolute atomic E-state index is 9.64. The molecule has 0 bridgehead atoms. The second kappa shape index (κ2) is 15.6. The Balaban J connectivity index is 0.00000211. The van der Waals surface area contributed by atoms with Crippen molar-refractivity contribution in [2.24, 2.45) is 5.92 Å². The van der Waals surface area contributed by atoms with Crippen molar-refractivity contribution in [2.75, 3.05) is 13.7 Å². The van der Waals surface area contributed by atoms with Crippen molar-refractivity contribution in [1.29, 1.82) is 0 Å². The van der Waals surface area contributed by atoms with E-state index in [0.29, 0.717) is 12.5 Å². The molecule has 3 unspecified atom stereocenters. The number of hydrogen-bond donors (Lipinski definition) is 2. The molecule has 0 fully saturated rings. The summed E-state index contributed by atoms with van der Waals surface area (Å²) >= 11 is 0. The topological polar surface area (TPSA) is 68.2 Å². The molecule has 0 aliphatic heterocycles. The van der Waals surface area contributed by atoms with Crippen LogP contribution in [-0.2, 0) is 8.83 Å². The van der Waals surface area contributed by atoms with Crippen LogP contribution in [0.4, 0.5) is 0 Å². The van der Waals surface area contributed by atoms with Crippen LogP contribution in [-0.4, -0.2) is 23.7 Å². The van der Waals surface area contributed by atoms with Crippen LogP contribution in [0.2, 0.25) is 0 Å². The monoisotopic (exact) mass is 350 g/mol. The molecule has 1 aromatic rings. The maximum Gasteiger partial charge on any atom is 0.335 e. The average molecular weight is 350 g/mol. The van der Waals surface area contributed by atoms with Gasteiger partial charge < -0.3 is 19.0 Å². The van der Waals surface area contributed by atoms with Gasteiger partial charge in [0.15, 0.2) is 0 Å². The lowest BCUT2D eigenvalue weighted by Crippen LogP contribution is -2.06. The highest BCUT2D eigenvalue weighted by molar-refractivity contribution is 7.49. The molecule has 0 saturated heterocycles. The molecule has 0 amide bonds. The van der Waals surface area contributed by atoms with E-state index < -0.39 is 8.60 Å². The Hall–Kier alpha value is -0.280. The molecule has 1 aromatic carbocycles. The normalized spacial score (nSPS) is 13.5. The zero-order valence-electron chi connectivity index (χ0n) is 13.6. The van der Waals surface area contributed by atoms with Crippen molar-refractivity contribution < 1.29 is 23.4 Å². The molecule has 0 aliphatic carbocycles. The molecule has 0 aromatic heterocycles. The molecule has 5 nitrogen and oxygen atoms in total. The molecule has 22 heavy (non-hydrogen) atoms. The zero-order chi connectivity index (χ0) is 16.6. The fourth-order valence-electron chi connectivity index (χ4n) is 1.68. The summed E-state index contributed by atoms with van der Waals surface area (Å²) < 4.78 is 15.9. The lowest BCUT2D eigenvalue weighted by molar-refractivity contribution is 0.206. The van der Waals surface area contributed by atoms with Gasteiger partial charge in [0, 0.05) is 7.11 Å². The van der Waals surface area contributed by atoms with Gasteiger partial charge in [0.2, 0.25) is 9.03 Å². The van der Waals surface area contributed by atoms with Crippen molar-refractivity contribution in [3.8, 4) is 5.75 Å². The summed E-state index contributed by atoms with van der Waals surface area (Å²) in [5.74, 6) is 1.22. The van der Waals surface area contributed by atoms with Crippen LogP contribution in [0, 0.1) is 5.92 Å². The van der Waals surface area contributed by atoms with Gasteiger partial charge in [-0.15, -0.1) is 0 Å². The largest absolute Gasteiger partial charge is 0.449 e. The van der Waals surface area contributed by atoms with Crippen LogP contribution in [0.5, 0.6) is 5.75 Å². The molecule has 128 valence electrons. The highest BCUT2D eigenvalue weighted by atomic mass is 31.2. The molecule has 0 aliphatic rings. The molecule has 3 atom stereocenters. The summed E-state index contributed by atoms with van der Waals surface area (Å²) in [5, 5.41) is 7.00. The Bertz CT molecular complexity index is 340. The van der Waals surface area contributed by atoms with Gasteiger partial charge in [0.05, 0.1) is 6.61 Å². The quantitative estimate of drug-likeness (QED) is 0.569. The van der Waals surface area contributed by atoms with Crippen molar-refractivity contribution in [3.05, 3.63) is 30.3 Å². The number of benzene rings is 1. The van der Waals surface area contributed by atoms with Crippen LogP contribution < -0.4 is 4.52 Å².